The Hall–Kier alpha value is -3.37. The number of nitro groups is 1. The Labute approximate surface area is 199 Å². The first-order chi connectivity index (χ1) is 15.9. The number of thioether (sulfide) groups is 1. The van der Waals surface area contributed by atoms with Gasteiger partial charge in [-0.05, 0) is 37.1 Å². The molecular formula is C22H20ClN5O4S. The molecule has 9 nitrogen and oxygen atoms in total. The number of fused-ring (bicyclic) bond motifs is 1. The third-order valence-corrected chi connectivity index (χ3v) is 6.19. The number of carbonyl (C=O) groups excluding carboxylic acids is 1. The van der Waals surface area contributed by atoms with Crippen molar-refractivity contribution < 1.29 is 14.5 Å². The largest absolute Gasteiger partial charge is 0.463 e. The minimum atomic E-state index is -0.529. The first-order valence-corrected chi connectivity index (χ1v) is 11.5. The minimum Gasteiger partial charge on any atom is -0.463 e. The van der Waals surface area contributed by atoms with Gasteiger partial charge in [0.05, 0.1) is 17.1 Å². The fourth-order valence-corrected chi connectivity index (χ4v) is 4.39. The lowest BCUT2D eigenvalue weighted by Gasteiger charge is -2.28. The van der Waals surface area contributed by atoms with E-state index in [1.165, 1.54) is 23.9 Å². The van der Waals surface area contributed by atoms with E-state index in [9.17, 15) is 14.9 Å². The van der Waals surface area contributed by atoms with E-state index >= 15 is 0 Å². The second-order valence-corrected chi connectivity index (χ2v) is 8.59. The summed E-state index contributed by atoms with van der Waals surface area (Å²) in [4.78, 5) is 27.8. The topological polar surface area (TPSA) is 112 Å². The molecule has 0 amide bonds. The number of hydrogen-bond donors (Lipinski definition) is 1. The molecule has 1 aliphatic rings. The number of anilines is 1. The first-order valence-electron chi connectivity index (χ1n) is 10.1. The van der Waals surface area contributed by atoms with Crippen LogP contribution in [0.2, 0.25) is 5.02 Å². The maximum absolute atomic E-state index is 12.8. The van der Waals surface area contributed by atoms with Gasteiger partial charge in [-0.25, -0.2) is 9.48 Å². The summed E-state index contributed by atoms with van der Waals surface area (Å²) in [5, 5.41) is 19.7. The second-order valence-electron chi connectivity index (χ2n) is 7.21. The lowest BCUT2D eigenvalue weighted by atomic mass is 9.96. The summed E-state index contributed by atoms with van der Waals surface area (Å²) < 4.78 is 6.97. The monoisotopic (exact) mass is 485 g/mol. The maximum atomic E-state index is 12.8. The van der Waals surface area contributed by atoms with Crippen LogP contribution < -0.4 is 5.32 Å². The molecule has 33 heavy (non-hydrogen) atoms. The van der Waals surface area contributed by atoms with E-state index in [1.807, 2.05) is 12.1 Å². The molecule has 1 atom stereocenters. The predicted octanol–water partition coefficient (Wildman–Crippen LogP) is 4.98. The molecule has 4 rings (SSSR count). The summed E-state index contributed by atoms with van der Waals surface area (Å²) in [5.74, 6) is 0.611. The van der Waals surface area contributed by atoms with Crippen LogP contribution in [0, 0.1) is 10.1 Å². The van der Waals surface area contributed by atoms with Crippen LogP contribution in [0.25, 0.3) is 0 Å². The number of halogens is 1. The highest BCUT2D eigenvalue weighted by Crippen LogP contribution is 2.37. The SMILES string of the molecule is CCOC(=O)C1=C(C)Nc2nc(SCc3ccc([N+](=O)[O-])cc3)nn2C1c1ccc(Cl)cc1. The van der Waals surface area contributed by atoms with Crippen molar-refractivity contribution in [3.05, 3.63) is 86.1 Å². The Morgan fingerprint density at radius 1 is 1.24 bits per heavy atom. The number of ether oxygens (including phenoxy) is 1. The number of hydrogen-bond acceptors (Lipinski definition) is 8. The molecule has 1 unspecified atom stereocenters. The van der Waals surface area contributed by atoms with E-state index < -0.39 is 16.9 Å². The quantitative estimate of drug-likeness (QED) is 0.216. The molecule has 0 saturated heterocycles. The van der Waals surface area contributed by atoms with Crippen molar-refractivity contribution in [3.63, 3.8) is 0 Å². The van der Waals surface area contributed by atoms with Gasteiger partial charge < -0.3 is 10.1 Å². The predicted molar refractivity (Wildman–Crippen MR) is 125 cm³/mol. The highest BCUT2D eigenvalue weighted by Gasteiger charge is 2.35. The Morgan fingerprint density at radius 3 is 2.58 bits per heavy atom. The van der Waals surface area contributed by atoms with Crippen molar-refractivity contribution in [2.45, 2.75) is 30.8 Å². The highest BCUT2D eigenvalue weighted by molar-refractivity contribution is 7.98. The Morgan fingerprint density at radius 2 is 1.94 bits per heavy atom. The van der Waals surface area contributed by atoms with E-state index in [0.29, 0.717) is 33.2 Å². The van der Waals surface area contributed by atoms with Gasteiger partial charge in [0.1, 0.15) is 6.04 Å². The van der Waals surface area contributed by atoms with Gasteiger partial charge in [-0.15, -0.1) is 5.10 Å². The molecule has 170 valence electrons. The Balaban J connectivity index is 1.63. The number of non-ortho nitro benzene ring substituents is 1. The lowest BCUT2D eigenvalue weighted by Crippen LogP contribution is -2.29. The molecule has 1 aromatic heterocycles. The molecule has 3 aromatic rings. The van der Waals surface area contributed by atoms with E-state index in [1.54, 1.807) is 42.8 Å². The van der Waals surface area contributed by atoms with Gasteiger partial charge in [-0.2, -0.15) is 4.98 Å². The molecule has 1 N–H and O–H groups in total. The van der Waals surface area contributed by atoms with Crippen LogP contribution >= 0.6 is 23.4 Å². The maximum Gasteiger partial charge on any atom is 0.338 e. The number of rotatable bonds is 7. The lowest BCUT2D eigenvalue weighted by molar-refractivity contribution is -0.384. The van der Waals surface area contributed by atoms with Crippen molar-refractivity contribution in [1.82, 2.24) is 14.8 Å². The van der Waals surface area contributed by atoms with Gasteiger partial charge in [0.25, 0.3) is 5.69 Å². The summed E-state index contributed by atoms with van der Waals surface area (Å²) >= 11 is 7.46. The zero-order chi connectivity index (χ0) is 23.5. The second kappa shape index (κ2) is 9.63. The standard InChI is InChI=1S/C22H20ClN5O4S/c1-3-32-20(29)18-13(2)24-21-25-22(33-12-14-4-10-17(11-5-14)28(30)31)26-27(21)19(18)15-6-8-16(23)9-7-15/h4-11,19H,3,12H2,1-2H3,(H,24,25,26). The van der Waals surface area contributed by atoms with Gasteiger partial charge in [0, 0.05) is 28.6 Å². The molecule has 2 aromatic carbocycles. The smallest absolute Gasteiger partial charge is 0.338 e. The van der Waals surface area contributed by atoms with Crippen LogP contribution in [0.3, 0.4) is 0 Å². The summed E-state index contributed by atoms with van der Waals surface area (Å²) in [6.45, 7) is 3.82. The number of nitro benzene ring substituents is 1. The zero-order valence-electron chi connectivity index (χ0n) is 17.8. The molecule has 11 heteroatoms. The molecule has 0 saturated carbocycles. The average molecular weight is 486 g/mol. The molecule has 0 aliphatic carbocycles. The molecular weight excluding hydrogens is 466 g/mol. The van der Waals surface area contributed by atoms with Crippen LogP contribution in [0.5, 0.6) is 0 Å². The zero-order valence-corrected chi connectivity index (χ0v) is 19.4. The molecule has 1 aliphatic heterocycles. The van der Waals surface area contributed by atoms with Gasteiger partial charge in [0.2, 0.25) is 11.1 Å². The third kappa shape index (κ3) is 4.86. The van der Waals surface area contributed by atoms with Gasteiger partial charge >= 0.3 is 5.97 Å². The summed E-state index contributed by atoms with van der Waals surface area (Å²) in [5.41, 5.74) is 2.86. The molecule has 0 fully saturated rings. The number of aromatic nitrogens is 3. The van der Waals surface area contributed by atoms with E-state index in [-0.39, 0.29) is 12.3 Å². The number of esters is 1. The summed E-state index contributed by atoms with van der Waals surface area (Å²) in [6, 6.07) is 13.0. The van der Waals surface area contributed by atoms with E-state index in [4.69, 9.17) is 16.3 Å². The highest BCUT2D eigenvalue weighted by atomic mass is 35.5. The number of carbonyl (C=O) groups is 1. The van der Waals surface area contributed by atoms with Crippen molar-refractivity contribution in [2.24, 2.45) is 0 Å². The summed E-state index contributed by atoms with van der Waals surface area (Å²) in [7, 11) is 0. The van der Waals surface area contributed by atoms with Crippen molar-refractivity contribution >= 4 is 41.0 Å². The average Bonchev–Trinajstić information content (AvgIpc) is 3.20. The fourth-order valence-electron chi connectivity index (χ4n) is 3.48. The Kier molecular flexibility index (Phi) is 6.66. The number of nitrogens with zero attached hydrogens (tertiary/aromatic N) is 4. The van der Waals surface area contributed by atoms with Crippen LogP contribution in [0.1, 0.15) is 31.0 Å². The minimum absolute atomic E-state index is 0.0439. The van der Waals surface area contributed by atoms with Crippen molar-refractivity contribution in [1.29, 1.82) is 0 Å². The molecule has 2 heterocycles. The van der Waals surface area contributed by atoms with Crippen LogP contribution in [-0.4, -0.2) is 32.3 Å². The van der Waals surface area contributed by atoms with Crippen molar-refractivity contribution in [2.75, 3.05) is 11.9 Å². The van der Waals surface area contributed by atoms with Gasteiger partial charge in [0.15, 0.2) is 0 Å². The Bertz CT molecular complexity index is 1220. The normalized spacial score (nSPS) is 15.1. The van der Waals surface area contributed by atoms with Gasteiger partial charge in [-0.3, -0.25) is 10.1 Å². The van der Waals surface area contributed by atoms with Crippen LogP contribution in [0.4, 0.5) is 11.6 Å². The van der Waals surface area contributed by atoms with Crippen LogP contribution in [-0.2, 0) is 15.3 Å². The number of nitrogens with one attached hydrogen (secondary N) is 1. The number of allylic oxidation sites excluding steroid dienone is 1. The molecule has 0 bridgehead atoms. The molecule has 0 spiro atoms. The number of benzene rings is 2. The third-order valence-electron chi connectivity index (χ3n) is 5.03. The fraction of sp³-hybridized carbons (Fsp3) is 0.227. The van der Waals surface area contributed by atoms with Gasteiger partial charge in [-0.1, -0.05) is 47.6 Å². The first kappa shape index (κ1) is 22.8. The molecule has 0 radical (unpaired) electrons. The van der Waals surface area contributed by atoms with Crippen LogP contribution in [0.15, 0.2) is 65.0 Å². The van der Waals surface area contributed by atoms with E-state index in [2.05, 4.69) is 15.4 Å². The summed E-state index contributed by atoms with van der Waals surface area (Å²) in [6.07, 6.45) is 0. The van der Waals surface area contributed by atoms with Crippen molar-refractivity contribution in [3.8, 4) is 0 Å². The van der Waals surface area contributed by atoms with E-state index in [0.717, 1.165) is 11.1 Å².